The van der Waals surface area contributed by atoms with Crippen LogP contribution in [0.1, 0.15) is 40.3 Å². The molecule has 182 valence electrons. The number of fused-ring (bicyclic) bond motifs is 1. The molecule has 0 spiro atoms. The van der Waals surface area contributed by atoms with Crippen LogP contribution in [0.15, 0.2) is 36.5 Å². The van der Waals surface area contributed by atoms with Gasteiger partial charge in [-0.05, 0) is 35.6 Å². The molecule has 0 bridgehead atoms. The largest absolute Gasteiger partial charge is 0.336 e. The minimum Gasteiger partial charge on any atom is -0.336 e. The summed E-state index contributed by atoms with van der Waals surface area (Å²) in [6.45, 7) is 3.56. The van der Waals surface area contributed by atoms with E-state index in [4.69, 9.17) is 0 Å². The molecule has 34 heavy (non-hydrogen) atoms. The van der Waals surface area contributed by atoms with Gasteiger partial charge in [0.25, 0.3) is 10.2 Å². The summed E-state index contributed by atoms with van der Waals surface area (Å²) < 4.78 is 28.0. The lowest BCUT2D eigenvalue weighted by Crippen LogP contribution is -2.43. The number of nitrogens with zero attached hydrogens (tertiary/aromatic N) is 4. The van der Waals surface area contributed by atoms with Crippen molar-refractivity contribution in [1.29, 1.82) is 0 Å². The fraction of sp³-hybridized carbons (Fsp3) is 0.458. The maximum absolute atomic E-state index is 13.1. The maximum Gasteiger partial charge on any atom is 0.279 e. The lowest BCUT2D eigenvalue weighted by molar-refractivity contribution is -0.139. The van der Waals surface area contributed by atoms with E-state index in [0.29, 0.717) is 32.5 Å². The number of benzene rings is 1. The summed E-state index contributed by atoms with van der Waals surface area (Å²) in [6, 6.07) is 9.93. The average molecular weight is 486 g/mol. The fourth-order valence-corrected chi connectivity index (χ4v) is 5.18. The minimum absolute atomic E-state index is 0.00682. The van der Waals surface area contributed by atoms with E-state index in [-0.39, 0.29) is 30.8 Å². The van der Waals surface area contributed by atoms with E-state index in [0.717, 1.165) is 32.3 Å². The molecule has 1 fully saturated rings. The highest BCUT2D eigenvalue weighted by Gasteiger charge is 2.33. The zero-order valence-electron chi connectivity index (χ0n) is 19.8. The van der Waals surface area contributed by atoms with Crippen LogP contribution in [0.2, 0.25) is 0 Å². The van der Waals surface area contributed by atoms with Crippen LogP contribution in [0, 0.1) is 6.92 Å². The smallest absolute Gasteiger partial charge is 0.279 e. The van der Waals surface area contributed by atoms with Crippen LogP contribution in [0.4, 0.5) is 0 Å². The second-order valence-corrected chi connectivity index (χ2v) is 11.1. The van der Waals surface area contributed by atoms with Gasteiger partial charge in [0.05, 0.1) is 6.54 Å². The number of amides is 2. The van der Waals surface area contributed by atoms with Crippen molar-refractivity contribution in [2.75, 3.05) is 33.7 Å². The van der Waals surface area contributed by atoms with Crippen molar-refractivity contribution in [3.05, 3.63) is 64.5 Å². The number of rotatable bonds is 7. The number of carbonyl (C=O) groups excluding carboxylic acids is 2. The first-order valence-electron chi connectivity index (χ1n) is 11.4. The topological polar surface area (TPSA) is 103 Å². The Balaban J connectivity index is 1.41. The molecule has 9 nitrogen and oxygen atoms in total. The number of likely N-dealkylation sites (tertiary alicyclic amines) is 1. The summed E-state index contributed by atoms with van der Waals surface area (Å²) in [5, 5.41) is 0. The molecular weight excluding hydrogens is 454 g/mol. The summed E-state index contributed by atoms with van der Waals surface area (Å²) in [5.74, 6) is 0.0415. The third kappa shape index (κ3) is 5.13. The van der Waals surface area contributed by atoms with E-state index in [1.54, 1.807) is 16.0 Å². The van der Waals surface area contributed by atoms with Crippen molar-refractivity contribution in [1.82, 2.24) is 23.8 Å². The number of hydrogen-bond acceptors (Lipinski definition) is 5. The first-order chi connectivity index (χ1) is 16.2. The Bertz CT molecular complexity index is 1180. The molecule has 4 rings (SSSR count). The van der Waals surface area contributed by atoms with E-state index >= 15 is 0 Å². The van der Waals surface area contributed by atoms with Crippen LogP contribution < -0.4 is 4.72 Å². The van der Waals surface area contributed by atoms with E-state index < -0.39 is 10.2 Å². The lowest BCUT2D eigenvalue weighted by Gasteiger charge is -2.32. The SMILES string of the molecule is Cc1ncc2c(c1CNS(=O)(=O)N(C)C)CCN(C(=O)CN1CC(c3ccccc3)CC1=O)C2. The molecule has 0 aliphatic carbocycles. The van der Waals surface area contributed by atoms with Gasteiger partial charge in [0.1, 0.15) is 0 Å². The monoisotopic (exact) mass is 485 g/mol. The van der Waals surface area contributed by atoms with Gasteiger partial charge in [-0.3, -0.25) is 14.6 Å². The number of pyridine rings is 1. The third-order valence-electron chi connectivity index (χ3n) is 6.67. The van der Waals surface area contributed by atoms with Crippen molar-refractivity contribution in [3.63, 3.8) is 0 Å². The van der Waals surface area contributed by atoms with Crippen LogP contribution >= 0.6 is 0 Å². The normalized spacial score (nSPS) is 18.5. The van der Waals surface area contributed by atoms with E-state index in [1.165, 1.54) is 14.1 Å². The summed E-state index contributed by atoms with van der Waals surface area (Å²) in [4.78, 5) is 33.5. The van der Waals surface area contributed by atoms with Gasteiger partial charge in [-0.2, -0.15) is 17.4 Å². The van der Waals surface area contributed by atoms with Crippen molar-refractivity contribution < 1.29 is 18.0 Å². The van der Waals surface area contributed by atoms with Gasteiger partial charge in [0, 0.05) is 64.5 Å². The van der Waals surface area contributed by atoms with Crippen molar-refractivity contribution >= 4 is 22.0 Å². The summed E-state index contributed by atoms with van der Waals surface area (Å²) in [5.41, 5.74) is 4.71. The van der Waals surface area contributed by atoms with Crippen LogP contribution in [0.3, 0.4) is 0 Å². The molecule has 0 saturated carbocycles. The second kappa shape index (κ2) is 9.81. The molecule has 1 saturated heterocycles. The highest BCUT2D eigenvalue weighted by atomic mass is 32.2. The van der Waals surface area contributed by atoms with Gasteiger partial charge >= 0.3 is 0 Å². The zero-order valence-corrected chi connectivity index (χ0v) is 20.6. The van der Waals surface area contributed by atoms with Gasteiger partial charge < -0.3 is 9.80 Å². The third-order valence-corrected chi connectivity index (χ3v) is 8.14. The zero-order chi connectivity index (χ0) is 24.5. The molecule has 1 unspecified atom stereocenters. The Hall–Kier alpha value is -2.82. The Morgan fingerprint density at radius 3 is 2.68 bits per heavy atom. The molecule has 10 heteroatoms. The first-order valence-corrected chi connectivity index (χ1v) is 12.8. The first kappa shape index (κ1) is 24.3. The van der Waals surface area contributed by atoms with Gasteiger partial charge in [-0.1, -0.05) is 30.3 Å². The lowest BCUT2D eigenvalue weighted by atomic mass is 9.95. The van der Waals surface area contributed by atoms with E-state index in [2.05, 4.69) is 9.71 Å². The molecule has 1 atom stereocenters. The molecule has 2 aliphatic rings. The highest BCUT2D eigenvalue weighted by Crippen LogP contribution is 2.29. The highest BCUT2D eigenvalue weighted by molar-refractivity contribution is 7.87. The Labute approximate surface area is 200 Å². The van der Waals surface area contributed by atoms with Crippen molar-refractivity contribution in [3.8, 4) is 0 Å². The minimum atomic E-state index is -3.55. The molecule has 1 aromatic carbocycles. The molecule has 1 N–H and O–H groups in total. The van der Waals surface area contributed by atoms with Crippen LogP contribution in [0.25, 0.3) is 0 Å². The quantitative estimate of drug-likeness (QED) is 0.635. The van der Waals surface area contributed by atoms with E-state index in [1.807, 2.05) is 37.3 Å². The number of aryl methyl sites for hydroxylation is 1. The van der Waals surface area contributed by atoms with Crippen LogP contribution in [-0.2, 0) is 39.3 Å². The van der Waals surface area contributed by atoms with Gasteiger partial charge in [-0.25, -0.2) is 0 Å². The Morgan fingerprint density at radius 1 is 1.24 bits per heavy atom. The van der Waals surface area contributed by atoms with Crippen molar-refractivity contribution in [2.24, 2.45) is 0 Å². The molecule has 2 aromatic rings. The van der Waals surface area contributed by atoms with Crippen LogP contribution in [-0.4, -0.2) is 73.1 Å². The summed E-state index contributed by atoms with van der Waals surface area (Å²) >= 11 is 0. The number of nitrogens with one attached hydrogen (secondary N) is 1. The summed E-state index contributed by atoms with van der Waals surface area (Å²) in [7, 11) is -0.600. The predicted octanol–water partition coefficient (Wildman–Crippen LogP) is 1.19. The molecule has 2 aliphatic heterocycles. The van der Waals surface area contributed by atoms with Gasteiger partial charge in [-0.15, -0.1) is 0 Å². The predicted molar refractivity (Wildman–Crippen MR) is 128 cm³/mol. The fourth-order valence-electron chi connectivity index (χ4n) is 4.60. The van der Waals surface area contributed by atoms with Crippen molar-refractivity contribution in [2.45, 2.75) is 38.8 Å². The number of hydrogen-bond donors (Lipinski definition) is 1. The number of aromatic nitrogens is 1. The van der Waals surface area contributed by atoms with Gasteiger partial charge in [0.2, 0.25) is 11.8 Å². The second-order valence-electron chi connectivity index (χ2n) is 9.09. The molecule has 0 radical (unpaired) electrons. The molecule has 3 heterocycles. The molecular formula is C24H31N5O4S. The molecule has 1 aromatic heterocycles. The average Bonchev–Trinajstić information content (AvgIpc) is 3.18. The Morgan fingerprint density at radius 2 is 1.97 bits per heavy atom. The summed E-state index contributed by atoms with van der Waals surface area (Å²) in [6.07, 6.45) is 2.81. The maximum atomic E-state index is 13.1. The molecule has 2 amide bonds. The van der Waals surface area contributed by atoms with Crippen LogP contribution in [0.5, 0.6) is 0 Å². The number of carbonyl (C=O) groups is 2. The Kier molecular flexibility index (Phi) is 7.01. The van der Waals surface area contributed by atoms with E-state index in [9.17, 15) is 18.0 Å². The standard InChI is InChI=1S/C24H31N5O4S/c1-17-22(13-26-34(32,33)27(2)3)21-9-10-28(15-20(21)12-25-17)24(31)16-29-14-19(11-23(29)30)18-7-5-4-6-8-18/h4-8,12,19,26H,9-11,13-16H2,1-3H3. The van der Waals surface area contributed by atoms with Gasteiger partial charge in [0.15, 0.2) is 0 Å².